The van der Waals surface area contributed by atoms with Crippen molar-refractivity contribution in [3.63, 3.8) is 0 Å². The predicted molar refractivity (Wildman–Crippen MR) is 104 cm³/mol. The van der Waals surface area contributed by atoms with E-state index in [1.807, 2.05) is 0 Å². The number of sulfonamides is 1. The molecule has 2 rings (SSSR count). The van der Waals surface area contributed by atoms with E-state index in [9.17, 15) is 13.2 Å². The summed E-state index contributed by atoms with van der Waals surface area (Å²) in [6.07, 6.45) is 6.59. The summed E-state index contributed by atoms with van der Waals surface area (Å²) in [4.78, 5) is 13.9. The Labute approximate surface area is 162 Å². The molecule has 0 heterocycles. The van der Waals surface area contributed by atoms with E-state index >= 15 is 0 Å². The Morgan fingerprint density at radius 2 is 1.81 bits per heavy atom. The molecular weight excluding hydrogens is 368 g/mol. The van der Waals surface area contributed by atoms with E-state index < -0.39 is 10.0 Å². The van der Waals surface area contributed by atoms with Gasteiger partial charge in [0.05, 0.1) is 14.2 Å². The molecule has 0 aromatic heterocycles. The molecule has 7 nitrogen and oxygen atoms in total. The van der Waals surface area contributed by atoms with Crippen LogP contribution in [0.4, 0.5) is 0 Å². The maximum Gasteiger partial charge on any atom is 0.244 e. The van der Waals surface area contributed by atoms with Crippen LogP contribution in [0.1, 0.15) is 45.4 Å². The average molecular weight is 399 g/mol. The van der Waals surface area contributed by atoms with Gasteiger partial charge in [0.2, 0.25) is 15.9 Å². The molecule has 0 atom stereocenters. The second kappa shape index (κ2) is 9.94. The highest BCUT2D eigenvalue weighted by atomic mass is 32.2. The lowest BCUT2D eigenvalue weighted by molar-refractivity contribution is -0.131. The Bertz CT molecular complexity index is 728. The number of methoxy groups -OCH3 is 2. The molecule has 1 N–H and O–H groups in total. The van der Waals surface area contributed by atoms with Gasteiger partial charge in [-0.05, 0) is 25.0 Å². The van der Waals surface area contributed by atoms with Gasteiger partial charge in [0, 0.05) is 32.1 Å². The first kappa shape index (κ1) is 21.5. The van der Waals surface area contributed by atoms with Crippen LogP contribution in [0.15, 0.2) is 23.1 Å². The van der Waals surface area contributed by atoms with Gasteiger partial charge in [0.1, 0.15) is 16.4 Å². The molecule has 1 fully saturated rings. The molecule has 0 radical (unpaired) electrons. The summed E-state index contributed by atoms with van der Waals surface area (Å²) in [5.74, 6) is 0.663. The zero-order valence-electron chi connectivity index (χ0n) is 16.4. The number of benzene rings is 1. The molecule has 8 heteroatoms. The van der Waals surface area contributed by atoms with Gasteiger partial charge in [-0.3, -0.25) is 4.79 Å². The lowest BCUT2D eigenvalue weighted by Gasteiger charge is -2.30. The largest absolute Gasteiger partial charge is 0.497 e. The Kier molecular flexibility index (Phi) is 7.91. The molecule has 152 valence electrons. The topological polar surface area (TPSA) is 84.9 Å². The van der Waals surface area contributed by atoms with Gasteiger partial charge in [0.15, 0.2) is 0 Å². The summed E-state index contributed by atoms with van der Waals surface area (Å²) in [6, 6.07) is 4.82. The van der Waals surface area contributed by atoms with E-state index in [-0.39, 0.29) is 29.1 Å². The van der Waals surface area contributed by atoms with Crippen molar-refractivity contribution in [2.24, 2.45) is 0 Å². The number of carbonyl (C=O) groups excluding carboxylic acids is 1. The first-order chi connectivity index (χ1) is 12.9. The molecule has 0 bridgehead atoms. The maximum absolute atomic E-state index is 12.7. The smallest absolute Gasteiger partial charge is 0.244 e. The molecule has 27 heavy (non-hydrogen) atoms. The number of amides is 1. The van der Waals surface area contributed by atoms with Crippen LogP contribution in [0.25, 0.3) is 0 Å². The third kappa shape index (κ3) is 5.84. The minimum absolute atomic E-state index is 0.0138. The molecule has 0 spiro atoms. The highest BCUT2D eigenvalue weighted by molar-refractivity contribution is 7.89. The Morgan fingerprint density at radius 1 is 1.15 bits per heavy atom. The van der Waals surface area contributed by atoms with Gasteiger partial charge in [0.25, 0.3) is 0 Å². The molecular formula is C19H30N2O5S. The molecule has 0 unspecified atom stereocenters. The third-order valence-electron chi connectivity index (χ3n) is 4.98. The van der Waals surface area contributed by atoms with Gasteiger partial charge in [-0.2, -0.15) is 0 Å². The Balaban J connectivity index is 2.06. The van der Waals surface area contributed by atoms with E-state index in [1.165, 1.54) is 33.1 Å². The number of hydrogen-bond donors (Lipinski definition) is 1. The van der Waals surface area contributed by atoms with Crippen LogP contribution in [-0.2, 0) is 14.8 Å². The third-order valence-corrected chi connectivity index (χ3v) is 6.46. The lowest BCUT2D eigenvalue weighted by atomic mass is 10.1. The van der Waals surface area contributed by atoms with Crippen LogP contribution in [0.5, 0.6) is 11.5 Å². The number of hydrogen-bond acceptors (Lipinski definition) is 5. The van der Waals surface area contributed by atoms with E-state index in [0.717, 1.165) is 25.7 Å². The van der Waals surface area contributed by atoms with Crippen LogP contribution in [0, 0.1) is 0 Å². The number of nitrogens with one attached hydrogen (secondary N) is 1. The van der Waals surface area contributed by atoms with Crippen LogP contribution >= 0.6 is 0 Å². The number of nitrogens with zero attached hydrogens (tertiary/aromatic N) is 1. The van der Waals surface area contributed by atoms with Gasteiger partial charge >= 0.3 is 0 Å². The summed E-state index contributed by atoms with van der Waals surface area (Å²) < 4.78 is 38.3. The van der Waals surface area contributed by atoms with Crippen molar-refractivity contribution >= 4 is 15.9 Å². The van der Waals surface area contributed by atoms with Crippen molar-refractivity contribution in [2.45, 2.75) is 56.4 Å². The van der Waals surface area contributed by atoms with Crippen LogP contribution in [0.3, 0.4) is 0 Å². The van der Waals surface area contributed by atoms with Crippen molar-refractivity contribution in [3.05, 3.63) is 18.2 Å². The summed E-state index contributed by atoms with van der Waals surface area (Å²) in [7, 11) is -0.892. The Morgan fingerprint density at radius 3 is 2.37 bits per heavy atom. The number of carbonyl (C=O) groups is 1. The van der Waals surface area contributed by atoms with Crippen molar-refractivity contribution in [1.29, 1.82) is 0 Å². The van der Waals surface area contributed by atoms with E-state index in [2.05, 4.69) is 4.72 Å². The standard InChI is InChI=1S/C19H30N2O5S/c1-15(22)21(16-8-6-4-5-7-9-16)13-12-20-27(23,24)19-14-17(25-2)10-11-18(19)26-3/h10-11,14,16,20H,4-9,12-13H2,1-3H3. The molecule has 1 aliphatic rings. The second-order valence-corrected chi connectivity index (χ2v) is 8.51. The van der Waals surface area contributed by atoms with Crippen molar-refractivity contribution in [3.8, 4) is 11.5 Å². The summed E-state index contributed by atoms with van der Waals surface area (Å²) >= 11 is 0. The van der Waals surface area contributed by atoms with Crippen LogP contribution in [-0.4, -0.2) is 52.6 Å². The number of ether oxygens (including phenoxy) is 2. The van der Waals surface area contributed by atoms with Crippen molar-refractivity contribution in [2.75, 3.05) is 27.3 Å². The predicted octanol–water partition coefficient (Wildman–Crippen LogP) is 2.55. The van der Waals surface area contributed by atoms with Gasteiger partial charge < -0.3 is 14.4 Å². The fourth-order valence-electron chi connectivity index (χ4n) is 3.54. The van der Waals surface area contributed by atoms with Gasteiger partial charge in [-0.25, -0.2) is 13.1 Å². The van der Waals surface area contributed by atoms with Crippen LogP contribution < -0.4 is 14.2 Å². The van der Waals surface area contributed by atoms with Crippen molar-refractivity contribution in [1.82, 2.24) is 9.62 Å². The van der Waals surface area contributed by atoms with Gasteiger partial charge in [-0.15, -0.1) is 0 Å². The summed E-state index contributed by atoms with van der Waals surface area (Å²) in [5.41, 5.74) is 0. The minimum atomic E-state index is -3.79. The zero-order chi connectivity index (χ0) is 19.9. The lowest BCUT2D eigenvalue weighted by Crippen LogP contribution is -2.43. The normalized spacial score (nSPS) is 15.8. The molecule has 1 amide bonds. The van der Waals surface area contributed by atoms with Gasteiger partial charge in [-0.1, -0.05) is 25.7 Å². The molecule has 0 saturated heterocycles. The molecule has 1 saturated carbocycles. The number of rotatable bonds is 8. The summed E-state index contributed by atoms with van der Waals surface area (Å²) in [5, 5.41) is 0. The highest BCUT2D eigenvalue weighted by Gasteiger charge is 2.24. The monoisotopic (exact) mass is 398 g/mol. The molecule has 1 aliphatic carbocycles. The molecule has 1 aromatic rings. The second-order valence-electron chi connectivity index (χ2n) is 6.77. The molecule has 1 aromatic carbocycles. The minimum Gasteiger partial charge on any atom is -0.497 e. The Hall–Kier alpha value is -1.80. The van der Waals surface area contributed by atoms with E-state index in [1.54, 1.807) is 24.0 Å². The molecule has 0 aliphatic heterocycles. The quantitative estimate of drug-likeness (QED) is 0.680. The zero-order valence-corrected chi connectivity index (χ0v) is 17.2. The maximum atomic E-state index is 12.7. The fraction of sp³-hybridized carbons (Fsp3) is 0.632. The first-order valence-electron chi connectivity index (χ1n) is 9.38. The SMILES string of the molecule is COc1ccc(OC)c(S(=O)(=O)NCCN(C(C)=O)C2CCCCCC2)c1. The van der Waals surface area contributed by atoms with E-state index in [0.29, 0.717) is 12.3 Å². The van der Waals surface area contributed by atoms with Crippen molar-refractivity contribution < 1.29 is 22.7 Å². The van der Waals surface area contributed by atoms with E-state index in [4.69, 9.17) is 9.47 Å². The average Bonchev–Trinajstić information content (AvgIpc) is 2.93. The summed E-state index contributed by atoms with van der Waals surface area (Å²) in [6.45, 7) is 2.05. The highest BCUT2D eigenvalue weighted by Crippen LogP contribution is 2.28. The first-order valence-corrected chi connectivity index (χ1v) is 10.9. The fourth-order valence-corrected chi connectivity index (χ4v) is 4.74. The van der Waals surface area contributed by atoms with Crippen LogP contribution in [0.2, 0.25) is 0 Å².